The molecule has 0 bridgehead atoms. The maximum atomic E-state index is 11.7. The summed E-state index contributed by atoms with van der Waals surface area (Å²) in [4.78, 5) is 11.7. The van der Waals surface area contributed by atoms with Crippen LogP contribution in [0.5, 0.6) is 0 Å². The molecule has 1 amide bonds. The number of nitrogens with one attached hydrogen (secondary N) is 1. The van der Waals surface area contributed by atoms with Crippen LogP contribution < -0.4 is 11.1 Å². The molecule has 4 nitrogen and oxygen atoms in total. The Morgan fingerprint density at radius 3 is 2.89 bits per heavy atom. The number of amides is 1. The van der Waals surface area contributed by atoms with Gasteiger partial charge in [0.25, 0.3) is 0 Å². The van der Waals surface area contributed by atoms with Crippen LogP contribution in [0.15, 0.2) is 22.8 Å². The summed E-state index contributed by atoms with van der Waals surface area (Å²) in [6.45, 7) is 0.982. The van der Waals surface area contributed by atoms with E-state index in [0.717, 1.165) is 29.4 Å². The van der Waals surface area contributed by atoms with E-state index in [0.29, 0.717) is 19.5 Å². The van der Waals surface area contributed by atoms with Crippen molar-refractivity contribution in [1.29, 1.82) is 0 Å². The Labute approximate surface area is 112 Å². The first-order valence-corrected chi connectivity index (χ1v) is 6.76. The highest BCUT2D eigenvalue weighted by Crippen LogP contribution is 2.30. The zero-order valence-corrected chi connectivity index (χ0v) is 10.9. The van der Waals surface area contributed by atoms with E-state index in [1.165, 1.54) is 17.5 Å². The molecule has 100 valence electrons. The van der Waals surface area contributed by atoms with Crippen molar-refractivity contribution in [2.45, 2.75) is 25.7 Å². The fourth-order valence-electron chi connectivity index (χ4n) is 2.73. The first-order chi connectivity index (χ1) is 9.28. The minimum atomic E-state index is -0.00588. The third-order valence-electron chi connectivity index (χ3n) is 3.69. The molecule has 0 atom stereocenters. The van der Waals surface area contributed by atoms with Crippen LogP contribution in [0.4, 0.5) is 0 Å². The molecule has 2 aromatic rings. The van der Waals surface area contributed by atoms with Gasteiger partial charge in [0, 0.05) is 24.0 Å². The molecule has 0 fully saturated rings. The number of rotatable bonds is 4. The van der Waals surface area contributed by atoms with Crippen molar-refractivity contribution >= 4 is 16.9 Å². The van der Waals surface area contributed by atoms with E-state index >= 15 is 0 Å². The predicted octanol–water partition coefficient (Wildman–Crippen LogP) is 1.54. The third-order valence-corrected chi connectivity index (χ3v) is 3.69. The van der Waals surface area contributed by atoms with E-state index in [-0.39, 0.29) is 5.91 Å². The number of carbonyl (C=O) groups is 1. The van der Waals surface area contributed by atoms with E-state index in [4.69, 9.17) is 10.2 Å². The van der Waals surface area contributed by atoms with Crippen LogP contribution in [-0.2, 0) is 24.1 Å². The van der Waals surface area contributed by atoms with Crippen LogP contribution >= 0.6 is 0 Å². The first kappa shape index (κ1) is 12.2. The topological polar surface area (TPSA) is 68.3 Å². The number of hydrogen-bond donors (Lipinski definition) is 2. The summed E-state index contributed by atoms with van der Waals surface area (Å²) in [5.74, 6) is -0.00588. The summed E-state index contributed by atoms with van der Waals surface area (Å²) in [7, 11) is 0. The van der Waals surface area contributed by atoms with Gasteiger partial charge in [-0.2, -0.15) is 0 Å². The standard InChI is InChI=1S/C15H18N2O2/c16-4-5-17-15(18)8-12-9-19-14-7-11-3-1-2-10(11)6-13(12)14/h6-7,9H,1-5,8,16H2,(H,17,18). The summed E-state index contributed by atoms with van der Waals surface area (Å²) < 4.78 is 5.57. The second-order valence-electron chi connectivity index (χ2n) is 5.05. The summed E-state index contributed by atoms with van der Waals surface area (Å²) in [5.41, 5.74) is 10.0. The number of furan rings is 1. The fraction of sp³-hybridized carbons (Fsp3) is 0.400. The van der Waals surface area contributed by atoms with Gasteiger partial charge in [0.1, 0.15) is 5.58 Å². The smallest absolute Gasteiger partial charge is 0.224 e. The minimum absolute atomic E-state index is 0.00588. The Hall–Kier alpha value is -1.81. The summed E-state index contributed by atoms with van der Waals surface area (Å²) in [6, 6.07) is 4.31. The largest absolute Gasteiger partial charge is 0.464 e. The third kappa shape index (κ3) is 2.36. The molecule has 0 aliphatic heterocycles. The summed E-state index contributed by atoms with van der Waals surface area (Å²) in [6.07, 6.45) is 5.54. The maximum Gasteiger partial charge on any atom is 0.224 e. The lowest BCUT2D eigenvalue weighted by Crippen LogP contribution is -2.30. The lowest BCUT2D eigenvalue weighted by atomic mass is 10.0. The van der Waals surface area contributed by atoms with Gasteiger partial charge < -0.3 is 15.5 Å². The van der Waals surface area contributed by atoms with Crippen LogP contribution in [0.2, 0.25) is 0 Å². The molecular formula is C15H18N2O2. The van der Waals surface area contributed by atoms with Crippen molar-refractivity contribution in [1.82, 2.24) is 5.32 Å². The molecule has 0 saturated carbocycles. The highest BCUT2D eigenvalue weighted by Gasteiger charge is 2.16. The number of hydrogen-bond acceptors (Lipinski definition) is 3. The molecular weight excluding hydrogens is 240 g/mol. The SMILES string of the molecule is NCCNC(=O)Cc1coc2cc3c(cc12)CCC3. The van der Waals surface area contributed by atoms with Crippen molar-refractivity contribution in [3.05, 3.63) is 35.1 Å². The molecule has 0 spiro atoms. The Morgan fingerprint density at radius 1 is 1.32 bits per heavy atom. The summed E-state index contributed by atoms with van der Waals surface area (Å²) >= 11 is 0. The monoisotopic (exact) mass is 258 g/mol. The molecule has 1 aromatic heterocycles. The number of benzene rings is 1. The van der Waals surface area contributed by atoms with Gasteiger partial charge >= 0.3 is 0 Å². The van der Waals surface area contributed by atoms with Crippen molar-refractivity contribution < 1.29 is 9.21 Å². The van der Waals surface area contributed by atoms with Crippen LogP contribution in [0.25, 0.3) is 11.0 Å². The highest BCUT2D eigenvalue weighted by molar-refractivity contribution is 5.88. The quantitative estimate of drug-likeness (QED) is 0.874. The molecule has 1 aliphatic carbocycles. The van der Waals surface area contributed by atoms with E-state index in [1.54, 1.807) is 6.26 Å². The zero-order valence-electron chi connectivity index (χ0n) is 10.9. The Bertz CT molecular complexity index is 616. The molecule has 0 saturated heterocycles. The van der Waals surface area contributed by atoms with Crippen molar-refractivity contribution in [2.75, 3.05) is 13.1 Å². The Balaban J connectivity index is 1.86. The molecule has 0 radical (unpaired) electrons. The highest BCUT2D eigenvalue weighted by atomic mass is 16.3. The van der Waals surface area contributed by atoms with Gasteiger partial charge in [0.05, 0.1) is 12.7 Å². The van der Waals surface area contributed by atoms with Crippen LogP contribution in [0.3, 0.4) is 0 Å². The average Bonchev–Trinajstić information content (AvgIpc) is 3.01. The second-order valence-corrected chi connectivity index (χ2v) is 5.05. The fourth-order valence-corrected chi connectivity index (χ4v) is 2.73. The number of nitrogens with two attached hydrogens (primary N) is 1. The molecule has 1 aromatic carbocycles. The lowest BCUT2D eigenvalue weighted by molar-refractivity contribution is -0.120. The second kappa shape index (κ2) is 5.05. The molecule has 19 heavy (non-hydrogen) atoms. The molecule has 3 N–H and O–H groups in total. The van der Waals surface area contributed by atoms with E-state index in [2.05, 4.69) is 17.4 Å². The average molecular weight is 258 g/mol. The molecule has 1 heterocycles. The minimum Gasteiger partial charge on any atom is -0.464 e. The summed E-state index contributed by atoms with van der Waals surface area (Å²) in [5, 5.41) is 3.85. The van der Waals surface area contributed by atoms with E-state index in [1.807, 2.05) is 0 Å². The lowest BCUT2D eigenvalue weighted by Gasteiger charge is -2.03. The predicted molar refractivity (Wildman–Crippen MR) is 74.0 cm³/mol. The van der Waals surface area contributed by atoms with E-state index in [9.17, 15) is 4.79 Å². The van der Waals surface area contributed by atoms with Crippen molar-refractivity contribution in [3.8, 4) is 0 Å². The normalized spacial score (nSPS) is 13.7. The molecule has 0 unspecified atom stereocenters. The van der Waals surface area contributed by atoms with Gasteiger partial charge in [-0.25, -0.2) is 0 Å². The Morgan fingerprint density at radius 2 is 2.11 bits per heavy atom. The van der Waals surface area contributed by atoms with Gasteiger partial charge in [-0.3, -0.25) is 4.79 Å². The first-order valence-electron chi connectivity index (χ1n) is 6.76. The molecule has 4 heteroatoms. The maximum absolute atomic E-state index is 11.7. The van der Waals surface area contributed by atoms with E-state index < -0.39 is 0 Å². The van der Waals surface area contributed by atoms with Crippen LogP contribution in [-0.4, -0.2) is 19.0 Å². The molecule has 1 aliphatic rings. The van der Waals surface area contributed by atoms with Gasteiger partial charge in [-0.1, -0.05) is 0 Å². The van der Waals surface area contributed by atoms with Gasteiger partial charge in [-0.15, -0.1) is 0 Å². The van der Waals surface area contributed by atoms with Crippen LogP contribution in [0.1, 0.15) is 23.1 Å². The number of fused-ring (bicyclic) bond motifs is 2. The number of aryl methyl sites for hydroxylation is 2. The van der Waals surface area contributed by atoms with Crippen molar-refractivity contribution in [2.24, 2.45) is 5.73 Å². The van der Waals surface area contributed by atoms with Gasteiger partial charge in [0.15, 0.2) is 0 Å². The molecule has 3 rings (SSSR count). The number of carbonyl (C=O) groups excluding carboxylic acids is 1. The Kier molecular flexibility index (Phi) is 3.25. The van der Waals surface area contributed by atoms with Crippen molar-refractivity contribution in [3.63, 3.8) is 0 Å². The van der Waals surface area contributed by atoms with Gasteiger partial charge in [0.2, 0.25) is 5.91 Å². The van der Waals surface area contributed by atoms with Crippen LogP contribution in [0, 0.1) is 0 Å². The zero-order chi connectivity index (χ0) is 13.2. The van der Waals surface area contributed by atoms with Gasteiger partial charge in [-0.05, 0) is 42.5 Å².